The van der Waals surface area contributed by atoms with Crippen molar-refractivity contribution in [2.45, 2.75) is 107 Å². The number of aryl methyl sites for hydroxylation is 3. The van der Waals surface area contributed by atoms with Crippen molar-refractivity contribution in [1.29, 1.82) is 0 Å². The molecule has 3 aromatic rings. The van der Waals surface area contributed by atoms with Gasteiger partial charge in [-0.15, -0.1) is 0 Å². The summed E-state index contributed by atoms with van der Waals surface area (Å²) in [7, 11) is -2.30. The Morgan fingerprint density at radius 2 is 1.89 bits per heavy atom. The van der Waals surface area contributed by atoms with Crippen molar-refractivity contribution in [3.05, 3.63) is 59.3 Å². The summed E-state index contributed by atoms with van der Waals surface area (Å²) in [5, 5.41) is 9.95. The van der Waals surface area contributed by atoms with E-state index >= 15 is 0 Å². The number of hydrogen-bond acceptors (Lipinski definition) is 10. The Labute approximate surface area is 312 Å². The van der Waals surface area contributed by atoms with Crippen molar-refractivity contribution in [3.8, 4) is 5.88 Å². The van der Waals surface area contributed by atoms with Crippen LogP contribution in [0, 0.1) is 25.6 Å². The van der Waals surface area contributed by atoms with Crippen LogP contribution in [0.5, 0.6) is 5.88 Å². The summed E-state index contributed by atoms with van der Waals surface area (Å²) in [4.78, 5) is 66.3. The zero-order chi connectivity index (χ0) is 38.6. The highest BCUT2D eigenvalue weighted by Gasteiger charge is 2.63. The second-order valence-corrected chi connectivity index (χ2v) is 17.4. The average Bonchev–Trinajstić information content (AvgIpc) is 3.95. The molecule has 0 radical (unpaired) electrons. The number of amides is 4. The number of nitrogens with one attached hydrogen (secondary N) is 3. The number of benzene rings is 1. The van der Waals surface area contributed by atoms with E-state index in [4.69, 9.17) is 4.74 Å². The van der Waals surface area contributed by atoms with Crippen molar-refractivity contribution in [1.82, 2.24) is 40.0 Å². The molecule has 2 aliphatic heterocycles. The minimum atomic E-state index is -4.01. The number of nitrogens with zero attached hydrogens (tertiary/aromatic N) is 5. The van der Waals surface area contributed by atoms with Gasteiger partial charge in [0.15, 0.2) is 5.82 Å². The monoisotopic (exact) mass is 764 g/mol. The van der Waals surface area contributed by atoms with Gasteiger partial charge in [-0.2, -0.15) is 5.10 Å². The van der Waals surface area contributed by atoms with Gasteiger partial charge in [0.05, 0.1) is 16.8 Å². The fourth-order valence-corrected chi connectivity index (χ4v) is 8.55. The largest absolute Gasteiger partial charge is 0.471 e. The van der Waals surface area contributed by atoms with Crippen molar-refractivity contribution >= 4 is 44.7 Å². The van der Waals surface area contributed by atoms with Crippen LogP contribution < -0.4 is 20.1 Å². The fraction of sp³-hybridized carbons (Fsp3) is 0.541. The normalized spacial score (nSPS) is 26.9. The zero-order valence-electron chi connectivity index (χ0n) is 30.7. The second kappa shape index (κ2) is 14.0. The first-order valence-corrected chi connectivity index (χ1v) is 19.9. The minimum absolute atomic E-state index is 0.00286. The highest BCUT2D eigenvalue weighted by atomic mass is 32.2. The SMILES string of the molecule is Cc1nc2cccc(F)c2nc1O[C@@H]1C[C@H]2C(=O)N[C@]3(C(=O)NS(=O)(=O)C4(C)CC4)C[C@H]3C=CCCCCC[C@H](NC(=O)c3cc(C)n(C)n3)C(=O)N2C1. The fourth-order valence-electron chi connectivity index (χ4n) is 7.24. The topological polar surface area (TPSA) is 195 Å². The first kappa shape index (κ1) is 37.4. The molecule has 0 bridgehead atoms. The van der Waals surface area contributed by atoms with Crippen LogP contribution in [0.2, 0.25) is 0 Å². The van der Waals surface area contributed by atoms with Crippen molar-refractivity contribution in [2.75, 3.05) is 6.54 Å². The maximum Gasteiger partial charge on any atom is 0.272 e. The molecule has 17 heteroatoms. The van der Waals surface area contributed by atoms with Gasteiger partial charge in [0.1, 0.15) is 40.6 Å². The number of allylic oxidation sites excluding steroid dienone is 1. The minimum Gasteiger partial charge on any atom is -0.471 e. The van der Waals surface area contributed by atoms with E-state index in [-0.39, 0.29) is 42.9 Å². The van der Waals surface area contributed by atoms with Crippen LogP contribution in [0.3, 0.4) is 0 Å². The highest BCUT2D eigenvalue weighted by molar-refractivity contribution is 7.91. The number of ether oxygens (including phenoxy) is 1. The first-order valence-electron chi connectivity index (χ1n) is 18.4. The Bertz CT molecular complexity index is 2150. The maximum atomic E-state index is 14.7. The lowest BCUT2D eigenvalue weighted by molar-refractivity contribution is -0.141. The van der Waals surface area contributed by atoms with Crippen LogP contribution in [0.1, 0.15) is 86.6 Å². The Morgan fingerprint density at radius 3 is 2.61 bits per heavy atom. The summed E-state index contributed by atoms with van der Waals surface area (Å²) in [6, 6.07) is 3.82. The Hall–Kier alpha value is -4.93. The molecule has 1 aromatic carbocycles. The predicted octanol–water partition coefficient (Wildman–Crippen LogP) is 2.66. The molecule has 2 saturated carbocycles. The van der Waals surface area contributed by atoms with Gasteiger partial charge in [0.25, 0.3) is 11.8 Å². The molecule has 3 fully saturated rings. The molecule has 7 rings (SSSR count). The molecule has 2 aliphatic carbocycles. The molecule has 0 unspecified atom stereocenters. The van der Waals surface area contributed by atoms with Gasteiger partial charge in [0, 0.05) is 25.1 Å². The number of carbonyl (C=O) groups excluding carboxylic acids is 4. The van der Waals surface area contributed by atoms with Gasteiger partial charge < -0.3 is 20.3 Å². The number of hydrogen-bond donors (Lipinski definition) is 3. The van der Waals surface area contributed by atoms with E-state index in [1.54, 1.807) is 44.6 Å². The third kappa shape index (κ3) is 7.17. The van der Waals surface area contributed by atoms with Gasteiger partial charge in [-0.05, 0) is 77.5 Å². The number of para-hydroxylation sites is 1. The van der Waals surface area contributed by atoms with E-state index in [1.165, 1.54) is 17.0 Å². The molecular formula is C37H45FN8O7S. The van der Waals surface area contributed by atoms with Crippen LogP contribution in [0.15, 0.2) is 36.4 Å². The van der Waals surface area contributed by atoms with E-state index in [0.717, 1.165) is 18.5 Å². The summed E-state index contributed by atoms with van der Waals surface area (Å²) in [5.74, 6) is -3.60. The number of sulfonamides is 1. The molecule has 4 aliphatic rings. The zero-order valence-corrected chi connectivity index (χ0v) is 31.5. The highest BCUT2D eigenvalue weighted by Crippen LogP contribution is 2.47. The number of halogens is 1. The quantitative estimate of drug-likeness (QED) is 0.301. The number of carbonyl (C=O) groups is 4. The van der Waals surface area contributed by atoms with Gasteiger partial charge in [-0.3, -0.25) is 28.6 Å². The lowest BCUT2D eigenvalue weighted by Gasteiger charge is -2.30. The van der Waals surface area contributed by atoms with Gasteiger partial charge in [-0.25, -0.2) is 22.8 Å². The molecule has 0 spiro atoms. The van der Waals surface area contributed by atoms with Crippen LogP contribution in [0.4, 0.5) is 4.39 Å². The molecule has 1 saturated heterocycles. The lowest BCUT2D eigenvalue weighted by Crippen LogP contribution is -2.58. The maximum absolute atomic E-state index is 14.7. The summed E-state index contributed by atoms with van der Waals surface area (Å²) in [6.07, 6.45) is 7.00. The van der Waals surface area contributed by atoms with E-state index in [0.29, 0.717) is 36.9 Å². The molecule has 4 amide bonds. The number of fused-ring (bicyclic) bond motifs is 3. The summed E-state index contributed by atoms with van der Waals surface area (Å²) in [5.41, 5.74) is 0.0501. The Kier molecular flexibility index (Phi) is 9.73. The second-order valence-electron chi connectivity index (χ2n) is 15.2. The predicted molar refractivity (Wildman–Crippen MR) is 194 cm³/mol. The van der Waals surface area contributed by atoms with Crippen molar-refractivity contribution in [3.63, 3.8) is 0 Å². The molecule has 54 heavy (non-hydrogen) atoms. The van der Waals surface area contributed by atoms with E-state index in [9.17, 15) is 32.0 Å². The van der Waals surface area contributed by atoms with Crippen LogP contribution in [0.25, 0.3) is 11.0 Å². The van der Waals surface area contributed by atoms with Crippen LogP contribution in [-0.4, -0.2) is 91.7 Å². The Balaban J connectivity index is 1.20. The van der Waals surface area contributed by atoms with E-state index in [2.05, 4.69) is 30.4 Å². The molecule has 4 heterocycles. The van der Waals surface area contributed by atoms with Crippen LogP contribution >= 0.6 is 0 Å². The lowest BCUT2D eigenvalue weighted by atomic mass is 10.0. The smallest absolute Gasteiger partial charge is 0.272 e. The molecule has 288 valence electrons. The van der Waals surface area contributed by atoms with Gasteiger partial charge >= 0.3 is 0 Å². The average molecular weight is 765 g/mol. The molecule has 3 N–H and O–H groups in total. The standard InChI is InChI=1S/C37H45FN8O7S/c1-21-17-28(43-45(21)4)31(47)40-27-13-9-7-5-6-8-11-23-19-37(23,35(50)44-54(51,52)36(3)15-16-36)42-32(48)29-18-24(20-46(29)34(27)49)53-33-22(2)39-26-14-10-12-25(38)30(26)41-33/h8,10-12,14,17,23-24,27,29H,5-7,9,13,15-16,18-20H2,1-4H3,(H,40,47)(H,42,48)(H,44,50)/t23-,24-,27+,29+,37-/m1/s1. The first-order chi connectivity index (χ1) is 25.6. The summed E-state index contributed by atoms with van der Waals surface area (Å²) >= 11 is 0. The van der Waals surface area contributed by atoms with E-state index in [1.807, 2.05) is 12.2 Å². The van der Waals surface area contributed by atoms with Crippen molar-refractivity contribution < 1.29 is 36.7 Å². The summed E-state index contributed by atoms with van der Waals surface area (Å²) < 4.78 is 49.9. The number of rotatable bonds is 7. The third-order valence-electron chi connectivity index (χ3n) is 11.2. The van der Waals surface area contributed by atoms with Gasteiger partial charge in [-0.1, -0.05) is 31.1 Å². The summed E-state index contributed by atoms with van der Waals surface area (Å²) in [6.45, 7) is 4.93. The van der Waals surface area contributed by atoms with E-state index < -0.39 is 73.9 Å². The molecular weight excluding hydrogens is 720 g/mol. The van der Waals surface area contributed by atoms with Crippen molar-refractivity contribution in [2.24, 2.45) is 13.0 Å². The molecule has 5 atom stereocenters. The molecule has 15 nitrogen and oxygen atoms in total. The number of aromatic nitrogens is 4. The third-order valence-corrected chi connectivity index (χ3v) is 13.3. The van der Waals surface area contributed by atoms with Crippen LogP contribution in [-0.2, 0) is 31.5 Å². The Morgan fingerprint density at radius 1 is 1.11 bits per heavy atom. The molecule has 2 aromatic heterocycles. The van der Waals surface area contributed by atoms with Gasteiger partial charge in [0.2, 0.25) is 27.7 Å².